The summed E-state index contributed by atoms with van der Waals surface area (Å²) in [6.45, 7) is 0. The Bertz CT molecular complexity index is 289. The van der Waals surface area contributed by atoms with Crippen molar-refractivity contribution in [2.45, 2.75) is 32.1 Å². The van der Waals surface area contributed by atoms with Crippen LogP contribution in [0.3, 0.4) is 0 Å². The van der Waals surface area contributed by atoms with Gasteiger partial charge < -0.3 is 5.11 Å². The number of aromatic hydroxyl groups is 1. The van der Waals surface area contributed by atoms with E-state index in [1.54, 1.807) is 12.1 Å². The van der Waals surface area contributed by atoms with E-state index in [9.17, 15) is 5.11 Å². The fourth-order valence-electron chi connectivity index (χ4n) is 1.98. The molecule has 0 atom stereocenters. The Balaban J connectivity index is 2.50. The second-order valence-corrected chi connectivity index (χ2v) is 3.99. The second-order valence-electron chi connectivity index (χ2n) is 3.58. The van der Waals surface area contributed by atoms with E-state index in [0.29, 0.717) is 5.75 Å². The lowest BCUT2D eigenvalue weighted by Crippen LogP contribution is -1.92. The van der Waals surface area contributed by atoms with Gasteiger partial charge in [-0.05, 0) is 48.9 Å². The number of fused-ring (bicyclic) bond motifs is 1. The van der Waals surface area contributed by atoms with Crippen LogP contribution in [-0.2, 0) is 12.8 Å². The third-order valence-corrected chi connectivity index (χ3v) is 3.06. The molecule has 0 aromatic heterocycles. The number of phenols is 1. The van der Waals surface area contributed by atoms with Crippen LogP contribution in [0.2, 0.25) is 5.02 Å². The van der Waals surface area contributed by atoms with E-state index in [0.717, 1.165) is 23.4 Å². The highest BCUT2D eigenvalue weighted by atomic mass is 35.5. The molecule has 1 N–H and O–H groups in total. The number of rotatable bonds is 0. The molecule has 0 saturated carbocycles. The summed E-state index contributed by atoms with van der Waals surface area (Å²) in [5.74, 6) is 0.418. The van der Waals surface area contributed by atoms with E-state index in [2.05, 4.69) is 0 Å². The van der Waals surface area contributed by atoms with Crippen molar-refractivity contribution in [2.24, 2.45) is 0 Å². The van der Waals surface area contributed by atoms with Crippen molar-refractivity contribution in [1.29, 1.82) is 0 Å². The average Bonchev–Trinajstić information content (AvgIpc) is 2.37. The van der Waals surface area contributed by atoms with Crippen LogP contribution in [0.15, 0.2) is 12.1 Å². The summed E-state index contributed by atoms with van der Waals surface area (Å²) in [4.78, 5) is 0. The Morgan fingerprint density at radius 1 is 1.00 bits per heavy atom. The van der Waals surface area contributed by atoms with Gasteiger partial charge in [0.05, 0.1) is 0 Å². The van der Waals surface area contributed by atoms with E-state index in [-0.39, 0.29) is 0 Å². The number of halogens is 1. The molecule has 1 aromatic carbocycles. The lowest BCUT2D eigenvalue weighted by Gasteiger charge is -2.09. The quantitative estimate of drug-likeness (QED) is 0.632. The molecule has 1 aliphatic rings. The molecule has 0 bridgehead atoms. The summed E-state index contributed by atoms with van der Waals surface area (Å²) in [5.41, 5.74) is 2.24. The maximum Gasteiger partial charge on any atom is 0.119 e. The molecule has 0 fully saturated rings. The van der Waals surface area contributed by atoms with Crippen molar-refractivity contribution < 1.29 is 5.11 Å². The van der Waals surface area contributed by atoms with Crippen LogP contribution in [0.4, 0.5) is 0 Å². The zero-order valence-electron chi connectivity index (χ0n) is 7.52. The largest absolute Gasteiger partial charge is 0.508 e. The molecule has 1 aromatic rings. The zero-order valence-corrected chi connectivity index (χ0v) is 8.27. The Kier molecular flexibility index (Phi) is 2.45. The van der Waals surface area contributed by atoms with Crippen molar-refractivity contribution >= 4 is 11.6 Å². The minimum absolute atomic E-state index is 0.418. The standard InChI is InChI=1S/C11H13ClO/c12-10-6-7-11(13)9-5-3-1-2-4-8(9)10/h6-7,13H,1-5H2. The van der Waals surface area contributed by atoms with Crippen LogP contribution in [0, 0.1) is 0 Å². The van der Waals surface area contributed by atoms with Gasteiger partial charge in [-0.15, -0.1) is 0 Å². The molecule has 0 unspecified atom stereocenters. The topological polar surface area (TPSA) is 20.2 Å². The van der Waals surface area contributed by atoms with E-state index in [1.807, 2.05) is 0 Å². The Morgan fingerprint density at radius 3 is 2.46 bits per heavy atom. The van der Waals surface area contributed by atoms with Gasteiger partial charge in [0, 0.05) is 5.02 Å². The molecular formula is C11H13ClO. The predicted molar refractivity (Wildman–Crippen MR) is 54.4 cm³/mol. The predicted octanol–water partition coefficient (Wildman–Crippen LogP) is 3.31. The molecule has 2 rings (SSSR count). The van der Waals surface area contributed by atoms with Crippen molar-refractivity contribution in [2.75, 3.05) is 0 Å². The molecular weight excluding hydrogens is 184 g/mol. The summed E-state index contributed by atoms with van der Waals surface area (Å²) >= 11 is 6.08. The monoisotopic (exact) mass is 196 g/mol. The fraction of sp³-hybridized carbons (Fsp3) is 0.455. The lowest BCUT2D eigenvalue weighted by atomic mass is 10.0. The second kappa shape index (κ2) is 3.59. The van der Waals surface area contributed by atoms with Gasteiger partial charge in [0.2, 0.25) is 0 Å². The van der Waals surface area contributed by atoms with E-state index >= 15 is 0 Å². The number of phenolic OH excluding ortho intramolecular Hbond substituents is 1. The third-order valence-electron chi connectivity index (χ3n) is 2.70. The van der Waals surface area contributed by atoms with Crippen LogP contribution < -0.4 is 0 Å². The summed E-state index contributed by atoms with van der Waals surface area (Å²) < 4.78 is 0. The maximum absolute atomic E-state index is 9.65. The average molecular weight is 197 g/mol. The van der Waals surface area contributed by atoms with Gasteiger partial charge in [-0.1, -0.05) is 18.0 Å². The summed E-state index contributed by atoms with van der Waals surface area (Å²) in [7, 11) is 0. The zero-order chi connectivity index (χ0) is 9.26. The lowest BCUT2D eigenvalue weighted by molar-refractivity contribution is 0.467. The number of hydrogen-bond donors (Lipinski definition) is 1. The fourth-order valence-corrected chi connectivity index (χ4v) is 2.25. The first-order valence-electron chi connectivity index (χ1n) is 4.78. The first-order chi connectivity index (χ1) is 6.29. The Morgan fingerprint density at radius 2 is 1.69 bits per heavy atom. The molecule has 0 saturated heterocycles. The smallest absolute Gasteiger partial charge is 0.119 e. The summed E-state index contributed by atoms with van der Waals surface area (Å²) in [6.07, 6.45) is 5.59. The number of hydrogen-bond acceptors (Lipinski definition) is 1. The highest BCUT2D eigenvalue weighted by Crippen LogP contribution is 2.32. The third kappa shape index (κ3) is 1.66. The number of benzene rings is 1. The van der Waals surface area contributed by atoms with Gasteiger partial charge in [-0.2, -0.15) is 0 Å². The molecule has 1 nitrogen and oxygen atoms in total. The Labute approximate surface area is 83.3 Å². The van der Waals surface area contributed by atoms with E-state index in [1.165, 1.54) is 24.8 Å². The highest BCUT2D eigenvalue weighted by molar-refractivity contribution is 6.31. The van der Waals surface area contributed by atoms with Gasteiger partial charge in [-0.3, -0.25) is 0 Å². The normalized spacial score (nSPS) is 16.4. The van der Waals surface area contributed by atoms with Gasteiger partial charge in [0.25, 0.3) is 0 Å². The van der Waals surface area contributed by atoms with Crippen LogP contribution in [0.1, 0.15) is 30.4 Å². The van der Waals surface area contributed by atoms with Gasteiger partial charge in [0.15, 0.2) is 0 Å². The van der Waals surface area contributed by atoms with Gasteiger partial charge >= 0.3 is 0 Å². The molecule has 70 valence electrons. The Hall–Kier alpha value is -0.690. The van der Waals surface area contributed by atoms with Crippen molar-refractivity contribution in [3.8, 4) is 5.75 Å². The molecule has 0 radical (unpaired) electrons. The van der Waals surface area contributed by atoms with E-state index < -0.39 is 0 Å². The molecule has 0 spiro atoms. The minimum atomic E-state index is 0.418. The molecule has 13 heavy (non-hydrogen) atoms. The molecule has 0 amide bonds. The first kappa shape index (κ1) is 8.89. The first-order valence-corrected chi connectivity index (χ1v) is 5.16. The molecule has 0 aliphatic heterocycles. The SMILES string of the molecule is Oc1ccc(Cl)c2c1CCCCC2. The molecule has 0 heterocycles. The molecule has 1 aliphatic carbocycles. The van der Waals surface area contributed by atoms with Crippen molar-refractivity contribution in [3.05, 3.63) is 28.3 Å². The minimum Gasteiger partial charge on any atom is -0.508 e. The van der Waals surface area contributed by atoms with E-state index in [4.69, 9.17) is 11.6 Å². The van der Waals surface area contributed by atoms with Gasteiger partial charge in [-0.25, -0.2) is 0 Å². The maximum atomic E-state index is 9.65. The summed E-state index contributed by atoms with van der Waals surface area (Å²) in [5, 5.41) is 10.5. The molecule has 2 heteroatoms. The summed E-state index contributed by atoms with van der Waals surface area (Å²) in [6, 6.07) is 3.49. The van der Waals surface area contributed by atoms with Crippen LogP contribution in [0.5, 0.6) is 5.75 Å². The highest BCUT2D eigenvalue weighted by Gasteiger charge is 2.14. The van der Waals surface area contributed by atoms with Crippen molar-refractivity contribution in [1.82, 2.24) is 0 Å². The van der Waals surface area contributed by atoms with Gasteiger partial charge in [0.1, 0.15) is 5.75 Å². The van der Waals surface area contributed by atoms with Crippen LogP contribution >= 0.6 is 11.6 Å². The van der Waals surface area contributed by atoms with Crippen LogP contribution in [-0.4, -0.2) is 5.11 Å². The van der Waals surface area contributed by atoms with Crippen molar-refractivity contribution in [3.63, 3.8) is 0 Å². The van der Waals surface area contributed by atoms with Crippen LogP contribution in [0.25, 0.3) is 0 Å².